The molecule has 1 unspecified atom stereocenters. The molecule has 0 radical (unpaired) electrons. The van der Waals surface area contributed by atoms with Crippen molar-refractivity contribution in [1.29, 1.82) is 0 Å². The van der Waals surface area contributed by atoms with Crippen LogP contribution < -0.4 is 5.32 Å². The van der Waals surface area contributed by atoms with Gasteiger partial charge in [-0.15, -0.1) is 0 Å². The predicted molar refractivity (Wildman–Crippen MR) is 112 cm³/mol. The number of amides is 2. The van der Waals surface area contributed by atoms with E-state index in [2.05, 4.69) is 5.32 Å². The highest BCUT2D eigenvalue weighted by atomic mass is 16.5. The van der Waals surface area contributed by atoms with Crippen molar-refractivity contribution in [3.8, 4) is 0 Å². The van der Waals surface area contributed by atoms with Crippen molar-refractivity contribution in [2.24, 2.45) is 0 Å². The van der Waals surface area contributed by atoms with E-state index in [4.69, 9.17) is 9.47 Å². The number of rotatable bonds is 8. The van der Waals surface area contributed by atoms with E-state index in [0.29, 0.717) is 30.8 Å². The number of benzene rings is 2. The average molecular weight is 410 g/mol. The number of carbonyl (C=O) groups is 3. The Morgan fingerprint density at radius 3 is 2.63 bits per heavy atom. The first kappa shape index (κ1) is 21.5. The lowest BCUT2D eigenvalue weighted by Crippen LogP contribution is -2.33. The van der Waals surface area contributed by atoms with Crippen LogP contribution in [0.1, 0.15) is 35.2 Å². The summed E-state index contributed by atoms with van der Waals surface area (Å²) in [6.45, 7) is 1.18. The van der Waals surface area contributed by atoms with Crippen molar-refractivity contribution in [3.63, 3.8) is 0 Å². The number of nitrogens with one attached hydrogen (secondary N) is 1. The van der Waals surface area contributed by atoms with E-state index in [1.54, 1.807) is 29.2 Å². The maximum absolute atomic E-state index is 13.2. The molecule has 158 valence electrons. The van der Waals surface area contributed by atoms with Gasteiger partial charge in [-0.2, -0.15) is 0 Å². The van der Waals surface area contributed by atoms with Crippen LogP contribution in [-0.4, -0.2) is 49.0 Å². The fourth-order valence-corrected chi connectivity index (χ4v) is 3.30. The summed E-state index contributed by atoms with van der Waals surface area (Å²) in [6.07, 6.45) is 1.22. The number of ether oxygens (including phenoxy) is 2. The van der Waals surface area contributed by atoms with Crippen LogP contribution in [0.5, 0.6) is 0 Å². The average Bonchev–Trinajstić information content (AvgIpc) is 3.32. The Labute approximate surface area is 176 Å². The van der Waals surface area contributed by atoms with Gasteiger partial charge < -0.3 is 19.7 Å². The summed E-state index contributed by atoms with van der Waals surface area (Å²) in [5.74, 6) is -0.807. The van der Waals surface area contributed by atoms with Gasteiger partial charge >= 0.3 is 5.97 Å². The molecule has 1 saturated heterocycles. The largest absolute Gasteiger partial charge is 0.469 e. The Bertz CT molecular complexity index is 878. The van der Waals surface area contributed by atoms with E-state index in [1.165, 1.54) is 7.11 Å². The molecular formula is C23H26N2O5. The third-order valence-electron chi connectivity index (χ3n) is 4.92. The van der Waals surface area contributed by atoms with Crippen molar-refractivity contribution in [3.05, 3.63) is 65.7 Å². The van der Waals surface area contributed by atoms with E-state index in [0.717, 1.165) is 12.0 Å². The summed E-state index contributed by atoms with van der Waals surface area (Å²) >= 11 is 0. The molecule has 7 nitrogen and oxygen atoms in total. The molecule has 1 fully saturated rings. The Kier molecular flexibility index (Phi) is 7.57. The topological polar surface area (TPSA) is 84.9 Å². The second-order valence-electron chi connectivity index (χ2n) is 7.11. The highest BCUT2D eigenvalue weighted by Crippen LogP contribution is 2.18. The van der Waals surface area contributed by atoms with E-state index in [1.807, 2.05) is 30.3 Å². The maximum atomic E-state index is 13.2. The Hall–Kier alpha value is -3.19. The SMILES string of the molecule is COC(=O)CCN(Cc1ccccc1)C(=O)c1cccc(NC(=O)C2CCCO2)c1. The third-order valence-corrected chi connectivity index (χ3v) is 4.92. The Morgan fingerprint density at radius 2 is 1.93 bits per heavy atom. The standard InChI is InChI=1S/C23H26N2O5/c1-29-21(26)12-13-25(16-17-7-3-2-4-8-17)23(28)18-9-5-10-19(15-18)24-22(27)20-11-6-14-30-20/h2-5,7-10,15,20H,6,11-14,16H2,1H3,(H,24,27). The Morgan fingerprint density at radius 1 is 1.13 bits per heavy atom. The second kappa shape index (κ2) is 10.5. The number of hydrogen-bond donors (Lipinski definition) is 1. The quantitative estimate of drug-likeness (QED) is 0.677. The highest BCUT2D eigenvalue weighted by molar-refractivity contribution is 5.98. The minimum Gasteiger partial charge on any atom is -0.469 e. The molecule has 1 aliphatic rings. The summed E-state index contributed by atoms with van der Waals surface area (Å²) in [4.78, 5) is 38.7. The van der Waals surface area contributed by atoms with Gasteiger partial charge in [0.15, 0.2) is 0 Å². The van der Waals surface area contributed by atoms with Crippen LogP contribution in [0.3, 0.4) is 0 Å². The summed E-state index contributed by atoms with van der Waals surface area (Å²) in [5.41, 5.74) is 1.92. The molecule has 2 aromatic rings. The molecular weight excluding hydrogens is 384 g/mol. The molecule has 1 atom stereocenters. The zero-order valence-corrected chi connectivity index (χ0v) is 17.0. The van der Waals surface area contributed by atoms with Crippen LogP contribution in [0, 0.1) is 0 Å². The fraction of sp³-hybridized carbons (Fsp3) is 0.348. The first-order chi connectivity index (χ1) is 14.6. The molecule has 0 aliphatic carbocycles. The number of nitrogens with zero attached hydrogens (tertiary/aromatic N) is 1. The van der Waals surface area contributed by atoms with E-state index < -0.39 is 6.10 Å². The smallest absolute Gasteiger partial charge is 0.307 e. The first-order valence-corrected chi connectivity index (χ1v) is 9.99. The van der Waals surface area contributed by atoms with Crippen LogP contribution >= 0.6 is 0 Å². The zero-order chi connectivity index (χ0) is 21.3. The van der Waals surface area contributed by atoms with E-state index in [9.17, 15) is 14.4 Å². The van der Waals surface area contributed by atoms with Crippen LogP contribution in [0.2, 0.25) is 0 Å². The minimum absolute atomic E-state index is 0.102. The lowest BCUT2D eigenvalue weighted by atomic mass is 10.1. The maximum Gasteiger partial charge on any atom is 0.307 e. The van der Waals surface area contributed by atoms with Gasteiger partial charge in [-0.3, -0.25) is 14.4 Å². The summed E-state index contributed by atoms with van der Waals surface area (Å²) < 4.78 is 10.1. The normalized spacial score (nSPS) is 15.4. The van der Waals surface area contributed by atoms with Gasteiger partial charge in [-0.1, -0.05) is 36.4 Å². The van der Waals surface area contributed by atoms with Crippen LogP contribution in [0.4, 0.5) is 5.69 Å². The van der Waals surface area contributed by atoms with Gasteiger partial charge in [-0.25, -0.2) is 0 Å². The van der Waals surface area contributed by atoms with Crippen molar-refractivity contribution >= 4 is 23.5 Å². The molecule has 30 heavy (non-hydrogen) atoms. The van der Waals surface area contributed by atoms with Crippen LogP contribution in [-0.2, 0) is 25.6 Å². The van der Waals surface area contributed by atoms with Gasteiger partial charge in [0.25, 0.3) is 11.8 Å². The molecule has 0 bridgehead atoms. The molecule has 0 saturated carbocycles. The number of anilines is 1. The molecule has 7 heteroatoms. The highest BCUT2D eigenvalue weighted by Gasteiger charge is 2.24. The van der Waals surface area contributed by atoms with E-state index in [-0.39, 0.29) is 30.7 Å². The number of carbonyl (C=O) groups excluding carboxylic acids is 3. The summed E-state index contributed by atoms with van der Waals surface area (Å²) in [7, 11) is 1.33. The van der Waals surface area contributed by atoms with Crippen molar-refractivity contribution in [1.82, 2.24) is 4.90 Å². The fourth-order valence-electron chi connectivity index (χ4n) is 3.30. The van der Waals surface area contributed by atoms with Gasteiger partial charge in [0, 0.05) is 30.9 Å². The lowest BCUT2D eigenvalue weighted by molar-refractivity contribution is -0.140. The lowest BCUT2D eigenvalue weighted by Gasteiger charge is -2.23. The molecule has 3 rings (SSSR count). The summed E-state index contributed by atoms with van der Waals surface area (Å²) in [6, 6.07) is 16.4. The van der Waals surface area contributed by atoms with E-state index >= 15 is 0 Å². The first-order valence-electron chi connectivity index (χ1n) is 9.99. The Balaban J connectivity index is 1.73. The number of methoxy groups -OCH3 is 1. The van der Waals surface area contributed by atoms with Crippen LogP contribution in [0.25, 0.3) is 0 Å². The summed E-state index contributed by atoms with van der Waals surface area (Å²) in [5, 5.41) is 2.82. The molecule has 1 N–H and O–H groups in total. The number of esters is 1. The minimum atomic E-state index is -0.445. The van der Waals surface area contributed by atoms with Gasteiger partial charge in [0.1, 0.15) is 6.10 Å². The van der Waals surface area contributed by atoms with Crippen molar-refractivity contribution in [2.45, 2.75) is 31.9 Å². The molecule has 2 amide bonds. The van der Waals surface area contributed by atoms with Gasteiger partial charge in [0.2, 0.25) is 0 Å². The van der Waals surface area contributed by atoms with Gasteiger partial charge in [0.05, 0.1) is 13.5 Å². The van der Waals surface area contributed by atoms with Gasteiger partial charge in [-0.05, 0) is 36.6 Å². The zero-order valence-electron chi connectivity index (χ0n) is 17.0. The molecule has 1 heterocycles. The predicted octanol–water partition coefficient (Wildman–Crippen LogP) is 3.01. The van der Waals surface area contributed by atoms with Crippen molar-refractivity contribution in [2.75, 3.05) is 25.6 Å². The molecule has 2 aromatic carbocycles. The van der Waals surface area contributed by atoms with Crippen molar-refractivity contribution < 1.29 is 23.9 Å². The third kappa shape index (κ3) is 5.90. The monoisotopic (exact) mass is 410 g/mol. The number of hydrogen-bond acceptors (Lipinski definition) is 5. The molecule has 0 aromatic heterocycles. The molecule has 1 aliphatic heterocycles. The van der Waals surface area contributed by atoms with Crippen LogP contribution in [0.15, 0.2) is 54.6 Å². The second-order valence-corrected chi connectivity index (χ2v) is 7.11. The molecule has 0 spiro atoms.